The SMILES string of the molecule is CCc1cccnc1CNC(=O)c1cc(S)ccc1C. The fraction of sp³-hybridized carbons (Fsp3) is 0.250. The Bertz CT molecular complexity index is 626. The topological polar surface area (TPSA) is 42.0 Å². The van der Waals surface area contributed by atoms with E-state index in [-0.39, 0.29) is 5.91 Å². The molecular formula is C16H18N2OS. The fourth-order valence-corrected chi connectivity index (χ4v) is 2.27. The number of nitrogens with zero attached hydrogens (tertiary/aromatic N) is 1. The van der Waals surface area contributed by atoms with E-state index in [1.807, 2.05) is 31.2 Å². The lowest BCUT2D eigenvalue weighted by molar-refractivity contribution is 0.0949. The van der Waals surface area contributed by atoms with Gasteiger partial charge in [0.25, 0.3) is 5.91 Å². The standard InChI is InChI=1S/C16H18N2OS/c1-3-12-5-4-8-17-15(12)10-18-16(19)14-9-13(20)7-6-11(14)2/h4-9,20H,3,10H2,1-2H3,(H,18,19). The molecule has 1 N–H and O–H groups in total. The van der Waals surface area contributed by atoms with Gasteiger partial charge in [0.15, 0.2) is 0 Å². The van der Waals surface area contributed by atoms with Crippen LogP contribution in [0.1, 0.15) is 34.1 Å². The molecule has 0 aliphatic carbocycles. The Balaban J connectivity index is 2.11. The van der Waals surface area contributed by atoms with Crippen LogP contribution in [0.2, 0.25) is 0 Å². The largest absolute Gasteiger partial charge is 0.346 e. The monoisotopic (exact) mass is 286 g/mol. The third kappa shape index (κ3) is 3.39. The minimum Gasteiger partial charge on any atom is -0.346 e. The zero-order valence-electron chi connectivity index (χ0n) is 11.7. The molecule has 0 fully saturated rings. The minimum absolute atomic E-state index is 0.0916. The van der Waals surface area contributed by atoms with Crippen molar-refractivity contribution in [2.45, 2.75) is 31.7 Å². The number of nitrogens with one attached hydrogen (secondary N) is 1. The number of thiol groups is 1. The first-order valence-corrected chi connectivity index (χ1v) is 7.07. The Hall–Kier alpha value is -1.81. The Morgan fingerprint density at radius 2 is 2.15 bits per heavy atom. The van der Waals surface area contributed by atoms with Gasteiger partial charge in [-0.05, 0) is 42.7 Å². The maximum Gasteiger partial charge on any atom is 0.251 e. The number of hydrogen-bond donors (Lipinski definition) is 2. The molecule has 0 aliphatic rings. The average molecular weight is 286 g/mol. The molecule has 1 aromatic carbocycles. The second-order valence-electron chi connectivity index (χ2n) is 4.64. The van der Waals surface area contributed by atoms with Crippen molar-refractivity contribution in [1.29, 1.82) is 0 Å². The van der Waals surface area contributed by atoms with Gasteiger partial charge in [-0.25, -0.2) is 0 Å². The number of hydrogen-bond acceptors (Lipinski definition) is 3. The lowest BCUT2D eigenvalue weighted by Gasteiger charge is -2.10. The smallest absolute Gasteiger partial charge is 0.251 e. The Morgan fingerprint density at radius 1 is 1.35 bits per heavy atom. The van der Waals surface area contributed by atoms with Crippen LogP contribution in [0.15, 0.2) is 41.4 Å². The highest BCUT2D eigenvalue weighted by Crippen LogP contribution is 2.14. The van der Waals surface area contributed by atoms with Crippen molar-refractivity contribution in [3.63, 3.8) is 0 Å². The molecule has 0 aliphatic heterocycles. The highest BCUT2D eigenvalue weighted by molar-refractivity contribution is 7.80. The molecule has 4 heteroatoms. The number of rotatable bonds is 4. The van der Waals surface area contributed by atoms with Crippen molar-refractivity contribution >= 4 is 18.5 Å². The molecule has 0 saturated carbocycles. The molecule has 0 saturated heterocycles. The van der Waals surface area contributed by atoms with Gasteiger partial charge in [0.2, 0.25) is 0 Å². The van der Waals surface area contributed by atoms with Crippen LogP contribution in [0.4, 0.5) is 0 Å². The number of aromatic nitrogens is 1. The van der Waals surface area contributed by atoms with Gasteiger partial charge in [0.1, 0.15) is 0 Å². The molecule has 1 heterocycles. The molecule has 1 aromatic heterocycles. The number of amides is 1. The van der Waals surface area contributed by atoms with E-state index < -0.39 is 0 Å². The van der Waals surface area contributed by atoms with Crippen LogP contribution in [0, 0.1) is 6.92 Å². The van der Waals surface area contributed by atoms with E-state index in [0.717, 1.165) is 28.1 Å². The van der Waals surface area contributed by atoms with Crippen LogP contribution in [-0.4, -0.2) is 10.9 Å². The molecular weight excluding hydrogens is 268 g/mol. The molecule has 3 nitrogen and oxygen atoms in total. The summed E-state index contributed by atoms with van der Waals surface area (Å²) in [6, 6.07) is 9.51. The summed E-state index contributed by atoms with van der Waals surface area (Å²) >= 11 is 4.27. The van der Waals surface area contributed by atoms with Crippen molar-refractivity contribution in [1.82, 2.24) is 10.3 Å². The van der Waals surface area contributed by atoms with Crippen LogP contribution in [0.5, 0.6) is 0 Å². The van der Waals surface area contributed by atoms with Gasteiger partial charge < -0.3 is 5.32 Å². The van der Waals surface area contributed by atoms with E-state index in [9.17, 15) is 4.79 Å². The first-order valence-electron chi connectivity index (χ1n) is 6.62. The molecule has 2 rings (SSSR count). The maximum atomic E-state index is 12.2. The van der Waals surface area contributed by atoms with Gasteiger partial charge in [-0.15, -0.1) is 12.6 Å². The number of carbonyl (C=O) groups excluding carboxylic acids is 1. The number of carbonyl (C=O) groups is 1. The Labute approximate surface area is 124 Å². The van der Waals surface area contributed by atoms with Gasteiger partial charge in [-0.1, -0.05) is 19.1 Å². The fourth-order valence-electron chi connectivity index (χ4n) is 2.07. The molecule has 20 heavy (non-hydrogen) atoms. The van der Waals surface area contributed by atoms with Crippen LogP contribution in [-0.2, 0) is 13.0 Å². The second kappa shape index (κ2) is 6.57. The predicted octanol–water partition coefficient (Wildman–Crippen LogP) is 3.17. The van der Waals surface area contributed by atoms with Gasteiger partial charge >= 0.3 is 0 Å². The van der Waals surface area contributed by atoms with Crippen molar-refractivity contribution in [3.8, 4) is 0 Å². The van der Waals surface area contributed by atoms with Crippen LogP contribution >= 0.6 is 12.6 Å². The summed E-state index contributed by atoms with van der Waals surface area (Å²) in [6.45, 7) is 4.44. The molecule has 104 valence electrons. The molecule has 1 amide bonds. The zero-order chi connectivity index (χ0) is 14.5. The molecule has 0 radical (unpaired) electrons. The van der Waals surface area contributed by atoms with Crippen LogP contribution < -0.4 is 5.32 Å². The third-order valence-electron chi connectivity index (χ3n) is 3.25. The maximum absolute atomic E-state index is 12.2. The van der Waals surface area contributed by atoms with Crippen molar-refractivity contribution in [3.05, 3.63) is 58.9 Å². The van der Waals surface area contributed by atoms with Gasteiger partial charge in [0.05, 0.1) is 12.2 Å². The van der Waals surface area contributed by atoms with E-state index in [1.54, 1.807) is 12.3 Å². The Morgan fingerprint density at radius 3 is 2.90 bits per heavy atom. The van der Waals surface area contributed by atoms with E-state index in [1.165, 1.54) is 0 Å². The zero-order valence-corrected chi connectivity index (χ0v) is 12.6. The first kappa shape index (κ1) is 14.6. The van der Waals surface area contributed by atoms with Crippen LogP contribution in [0.25, 0.3) is 0 Å². The summed E-state index contributed by atoms with van der Waals surface area (Å²) in [5.41, 5.74) is 3.68. The van der Waals surface area contributed by atoms with Crippen molar-refractivity contribution in [2.75, 3.05) is 0 Å². The second-order valence-corrected chi connectivity index (χ2v) is 5.16. The normalized spacial score (nSPS) is 10.3. The molecule has 0 bridgehead atoms. The van der Waals surface area contributed by atoms with Crippen molar-refractivity contribution in [2.24, 2.45) is 0 Å². The predicted molar refractivity (Wildman–Crippen MR) is 83.2 cm³/mol. The third-order valence-corrected chi connectivity index (χ3v) is 3.53. The molecule has 0 atom stereocenters. The lowest BCUT2D eigenvalue weighted by atomic mass is 10.1. The van der Waals surface area contributed by atoms with Gasteiger partial charge in [-0.2, -0.15) is 0 Å². The Kier molecular flexibility index (Phi) is 4.79. The van der Waals surface area contributed by atoms with E-state index in [0.29, 0.717) is 12.1 Å². The summed E-state index contributed by atoms with van der Waals surface area (Å²) in [4.78, 5) is 17.3. The van der Waals surface area contributed by atoms with E-state index in [2.05, 4.69) is 29.9 Å². The first-order chi connectivity index (χ1) is 9.61. The summed E-state index contributed by atoms with van der Waals surface area (Å²) in [7, 11) is 0. The van der Waals surface area contributed by atoms with Gasteiger partial charge in [0, 0.05) is 16.7 Å². The quantitative estimate of drug-likeness (QED) is 0.848. The highest BCUT2D eigenvalue weighted by atomic mass is 32.1. The summed E-state index contributed by atoms with van der Waals surface area (Å²) in [5.74, 6) is -0.0916. The molecule has 0 unspecified atom stereocenters. The summed E-state index contributed by atoms with van der Waals surface area (Å²) in [6.07, 6.45) is 2.66. The summed E-state index contributed by atoms with van der Waals surface area (Å²) < 4.78 is 0. The van der Waals surface area contributed by atoms with Crippen molar-refractivity contribution < 1.29 is 4.79 Å². The summed E-state index contributed by atoms with van der Waals surface area (Å²) in [5, 5.41) is 2.92. The van der Waals surface area contributed by atoms with Crippen LogP contribution in [0.3, 0.4) is 0 Å². The average Bonchev–Trinajstić information content (AvgIpc) is 2.47. The number of benzene rings is 1. The molecule has 2 aromatic rings. The minimum atomic E-state index is -0.0916. The highest BCUT2D eigenvalue weighted by Gasteiger charge is 2.10. The molecule has 0 spiro atoms. The van der Waals surface area contributed by atoms with E-state index in [4.69, 9.17) is 0 Å². The number of aryl methyl sites for hydroxylation is 2. The number of pyridine rings is 1. The lowest BCUT2D eigenvalue weighted by Crippen LogP contribution is -2.24. The van der Waals surface area contributed by atoms with Gasteiger partial charge in [-0.3, -0.25) is 9.78 Å². The van der Waals surface area contributed by atoms with E-state index >= 15 is 0 Å².